The van der Waals surface area contributed by atoms with Gasteiger partial charge in [-0.25, -0.2) is 9.80 Å². The van der Waals surface area contributed by atoms with Crippen molar-refractivity contribution in [2.24, 2.45) is 10.3 Å². The Kier molecular flexibility index (Phi) is 13.9. The highest BCUT2D eigenvalue weighted by Gasteiger charge is 2.22. The molecule has 0 aliphatic heterocycles. The van der Waals surface area contributed by atoms with Crippen LogP contribution in [0.4, 0.5) is 17.1 Å². The number of aliphatic hydroxyl groups excluding tert-OH is 1. The van der Waals surface area contributed by atoms with Crippen molar-refractivity contribution in [2.45, 2.75) is 78.1 Å². The molecule has 0 unspecified atom stereocenters. The molecule has 0 aliphatic rings. The molecule has 9 heteroatoms. The molecule has 0 saturated carbocycles. The highest BCUT2D eigenvalue weighted by atomic mass is 16.6. The van der Waals surface area contributed by atoms with Crippen LogP contribution >= 0.6 is 0 Å². The zero-order chi connectivity index (χ0) is 26.9. The Bertz CT molecular complexity index is 995. The number of anilines is 1. The third-order valence-electron chi connectivity index (χ3n) is 6.04. The summed E-state index contributed by atoms with van der Waals surface area (Å²) in [5, 5.41) is 30.7. The van der Waals surface area contributed by atoms with E-state index in [9.17, 15) is 20.0 Å². The van der Waals surface area contributed by atoms with Gasteiger partial charge in [0.15, 0.2) is 0 Å². The lowest BCUT2D eigenvalue weighted by molar-refractivity contribution is -0.385. The van der Waals surface area contributed by atoms with Crippen LogP contribution in [0.3, 0.4) is 0 Å². The lowest BCUT2D eigenvalue weighted by Gasteiger charge is -2.16. The fourth-order valence-electron chi connectivity index (χ4n) is 3.88. The number of aliphatic hydroxyl groups is 1. The van der Waals surface area contributed by atoms with Gasteiger partial charge in [-0.2, -0.15) is 0 Å². The normalized spacial score (nSPS) is 11.1. The number of carbonyl (C=O) groups excluding carboxylic acids is 1. The number of esters is 1. The van der Waals surface area contributed by atoms with E-state index in [1.807, 2.05) is 31.2 Å². The number of nitro benzene ring substituents is 1. The molecule has 9 nitrogen and oxygen atoms in total. The second-order valence-corrected chi connectivity index (χ2v) is 9.15. The molecule has 37 heavy (non-hydrogen) atoms. The first-order valence-electron chi connectivity index (χ1n) is 13.3. The molecule has 0 spiro atoms. The molecular formula is C28H40N4O5. The van der Waals surface area contributed by atoms with E-state index < -0.39 is 10.9 Å². The highest BCUT2D eigenvalue weighted by Crippen LogP contribution is 2.26. The summed E-state index contributed by atoms with van der Waals surface area (Å²) < 4.78 is 5.33. The van der Waals surface area contributed by atoms with Gasteiger partial charge in [-0.15, -0.1) is 5.11 Å². The van der Waals surface area contributed by atoms with Crippen molar-refractivity contribution >= 4 is 23.0 Å². The number of nitro groups is 1. The molecule has 2 aromatic carbocycles. The van der Waals surface area contributed by atoms with Gasteiger partial charge >= 0.3 is 5.97 Å². The van der Waals surface area contributed by atoms with Crippen molar-refractivity contribution in [2.75, 3.05) is 24.8 Å². The van der Waals surface area contributed by atoms with E-state index in [0.29, 0.717) is 0 Å². The van der Waals surface area contributed by atoms with Gasteiger partial charge in [-0.1, -0.05) is 87.6 Å². The first-order valence-corrected chi connectivity index (χ1v) is 13.3. The van der Waals surface area contributed by atoms with Crippen LogP contribution < -0.4 is 5.01 Å². The topological polar surface area (TPSA) is 118 Å². The van der Waals surface area contributed by atoms with Gasteiger partial charge in [0.1, 0.15) is 5.56 Å². The maximum absolute atomic E-state index is 12.6. The van der Waals surface area contributed by atoms with Crippen LogP contribution in [-0.4, -0.2) is 35.8 Å². The summed E-state index contributed by atoms with van der Waals surface area (Å²) >= 11 is 0. The van der Waals surface area contributed by atoms with Gasteiger partial charge in [0.2, 0.25) is 0 Å². The summed E-state index contributed by atoms with van der Waals surface area (Å²) in [6.07, 6.45) is 11.6. The van der Waals surface area contributed by atoms with Crippen molar-refractivity contribution in [3.63, 3.8) is 0 Å². The molecule has 0 aliphatic carbocycles. The average molecular weight is 513 g/mol. The van der Waals surface area contributed by atoms with Crippen LogP contribution in [0.25, 0.3) is 0 Å². The Morgan fingerprint density at radius 1 is 0.973 bits per heavy atom. The molecule has 0 radical (unpaired) electrons. The SMILES string of the molecule is CCCCCCCCCCCCOC(=O)c1cc(N=NN(CCO)c2ccc(C)cc2)ccc1[N+](=O)[O-]. The first-order chi connectivity index (χ1) is 18.0. The van der Waals surface area contributed by atoms with Crippen LogP contribution in [0.5, 0.6) is 0 Å². The van der Waals surface area contributed by atoms with Crippen molar-refractivity contribution in [1.29, 1.82) is 0 Å². The summed E-state index contributed by atoms with van der Waals surface area (Å²) in [7, 11) is 0. The summed E-state index contributed by atoms with van der Waals surface area (Å²) in [5.41, 5.74) is 1.60. The predicted octanol–water partition coefficient (Wildman–Crippen LogP) is 7.48. The Morgan fingerprint density at radius 2 is 1.59 bits per heavy atom. The van der Waals surface area contributed by atoms with Gasteiger partial charge in [-0.05, 0) is 37.6 Å². The minimum atomic E-state index is -0.745. The van der Waals surface area contributed by atoms with Gasteiger partial charge in [0, 0.05) is 6.07 Å². The smallest absolute Gasteiger partial charge is 0.345 e. The lowest BCUT2D eigenvalue weighted by atomic mass is 10.1. The molecule has 0 aromatic heterocycles. The Morgan fingerprint density at radius 3 is 2.19 bits per heavy atom. The molecule has 202 valence electrons. The largest absolute Gasteiger partial charge is 0.462 e. The van der Waals surface area contributed by atoms with Gasteiger partial charge in [-0.3, -0.25) is 10.1 Å². The Hall–Kier alpha value is -3.33. The molecule has 0 atom stereocenters. The minimum absolute atomic E-state index is 0.135. The second kappa shape index (κ2) is 17.2. The minimum Gasteiger partial charge on any atom is -0.462 e. The Balaban J connectivity index is 1.91. The van der Waals surface area contributed by atoms with Crippen molar-refractivity contribution < 1.29 is 19.6 Å². The zero-order valence-corrected chi connectivity index (χ0v) is 22.1. The molecule has 2 aromatic rings. The average Bonchev–Trinajstić information content (AvgIpc) is 2.90. The van der Waals surface area contributed by atoms with E-state index in [4.69, 9.17) is 4.74 Å². The zero-order valence-electron chi connectivity index (χ0n) is 22.1. The lowest BCUT2D eigenvalue weighted by Crippen LogP contribution is -2.19. The summed E-state index contributed by atoms with van der Waals surface area (Å²) in [6, 6.07) is 11.5. The van der Waals surface area contributed by atoms with Gasteiger partial charge < -0.3 is 9.84 Å². The molecule has 0 bridgehead atoms. The van der Waals surface area contributed by atoms with Crippen LogP contribution in [-0.2, 0) is 4.74 Å². The number of benzene rings is 2. The monoisotopic (exact) mass is 512 g/mol. The van der Waals surface area contributed by atoms with Crippen LogP contribution in [0.1, 0.15) is 87.1 Å². The number of rotatable bonds is 18. The standard InChI is InChI=1S/C28H40N4O5/c1-3-4-5-6-7-8-9-10-11-12-21-37-28(34)26-22-24(15-18-27(26)32(35)36)29-30-31(19-20-33)25-16-13-23(2)14-17-25/h13-18,22,33H,3-12,19-21H2,1-2H3. The Labute approximate surface area is 219 Å². The third-order valence-corrected chi connectivity index (χ3v) is 6.04. The molecular weight excluding hydrogens is 472 g/mol. The highest BCUT2D eigenvalue weighted by molar-refractivity contribution is 5.94. The first kappa shape index (κ1) is 29.9. The quantitative estimate of drug-likeness (QED) is 0.0727. The summed E-state index contributed by atoms with van der Waals surface area (Å²) in [5.74, 6) is -0.745. The fraction of sp³-hybridized carbons (Fsp3) is 0.536. The summed E-state index contributed by atoms with van der Waals surface area (Å²) in [6.45, 7) is 4.48. The maximum atomic E-state index is 12.6. The fourth-order valence-corrected chi connectivity index (χ4v) is 3.88. The maximum Gasteiger partial charge on any atom is 0.345 e. The van der Waals surface area contributed by atoms with E-state index >= 15 is 0 Å². The van der Waals surface area contributed by atoms with Crippen molar-refractivity contribution in [1.82, 2.24) is 0 Å². The third kappa shape index (κ3) is 11.1. The van der Waals surface area contributed by atoms with E-state index in [1.54, 1.807) is 0 Å². The van der Waals surface area contributed by atoms with E-state index in [-0.39, 0.29) is 36.7 Å². The van der Waals surface area contributed by atoms with Crippen LogP contribution in [0, 0.1) is 17.0 Å². The number of aryl methyl sites for hydroxylation is 1. The second-order valence-electron chi connectivity index (χ2n) is 9.15. The molecule has 2 rings (SSSR count). The molecule has 0 amide bonds. The van der Waals surface area contributed by atoms with Gasteiger partial charge in [0.05, 0.1) is 36.1 Å². The van der Waals surface area contributed by atoms with Gasteiger partial charge in [0.25, 0.3) is 5.69 Å². The van der Waals surface area contributed by atoms with Crippen LogP contribution in [0.2, 0.25) is 0 Å². The number of hydrogen-bond acceptors (Lipinski definition) is 7. The molecule has 0 heterocycles. The number of nitrogens with zero attached hydrogens (tertiary/aromatic N) is 4. The number of ether oxygens (including phenoxy) is 1. The molecule has 0 saturated heterocycles. The van der Waals surface area contributed by atoms with E-state index in [0.717, 1.165) is 30.5 Å². The van der Waals surface area contributed by atoms with E-state index in [1.165, 1.54) is 68.2 Å². The van der Waals surface area contributed by atoms with Crippen LogP contribution in [0.15, 0.2) is 52.8 Å². The molecule has 0 fully saturated rings. The number of hydrogen-bond donors (Lipinski definition) is 1. The van der Waals surface area contributed by atoms with Crippen molar-refractivity contribution in [3.8, 4) is 0 Å². The molecule has 1 N–H and O–H groups in total. The summed E-state index contributed by atoms with van der Waals surface area (Å²) in [4.78, 5) is 23.5. The number of carbonyl (C=O) groups is 1. The van der Waals surface area contributed by atoms with Crippen molar-refractivity contribution in [3.05, 3.63) is 63.7 Å². The number of unbranched alkanes of at least 4 members (excludes halogenated alkanes) is 9. The predicted molar refractivity (Wildman–Crippen MR) is 145 cm³/mol. The van der Waals surface area contributed by atoms with E-state index in [2.05, 4.69) is 17.3 Å².